The molecule has 49 heavy (non-hydrogen) atoms. The predicted molar refractivity (Wildman–Crippen MR) is 203 cm³/mol. The first kappa shape index (κ1) is 39.7. The normalized spacial score (nSPS) is 11.0. The van der Waals surface area contributed by atoms with E-state index in [9.17, 15) is 9.59 Å². The highest BCUT2D eigenvalue weighted by Crippen LogP contribution is 2.33. The Morgan fingerprint density at radius 2 is 0.776 bits per heavy atom. The first-order valence-electron chi connectivity index (χ1n) is 16.4. The van der Waals surface area contributed by atoms with Crippen LogP contribution in [0.4, 0.5) is 0 Å². The van der Waals surface area contributed by atoms with Gasteiger partial charge < -0.3 is 18.9 Å². The number of carbonyl (C=O) groups excluding carboxylic acids is 2. The smallest absolute Gasteiger partial charge is 0.193 e. The number of hydrogen-bond acceptors (Lipinski definition) is 6. The Hall–Kier alpha value is -3.77. The highest BCUT2D eigenvalue weighted by atomic mass is 31.0. The molecule has 0 aliphatic heterocycles. The standard InChI is InChI=1S/C42H51O6P/c1-11-15-45-22-35-26(5)36(23-46-16-12-2)29(8)39(28(35)7)41(43)32-19-33(21-34(49)20-32)42(44)40-30(9)37(24-47-17-13-3)27(6)38(31(40)10)25-48-18-14-4/h11-14,19-21H,1-4,15-18,22-25,49H2,5-10H3. The van der Waals surface area contributed by atoms with E-state index in [1.54, 1.807) is 30.4 Å². The van der Waals surface area contributed by atoms with Crippen molar-refractivity contribution in [3.8, 4) is 0 Å². The van der Waals surface area contributed by atoms with E-state index < -0.39 is 0 Å². The fraction of sp³-hybridized carbons (Fsp3) is 0.333. The van der Waals surface area contributed by atoms with Gasteiger partial charge in [-0.2, -0.15) is 0 Å². The van der Waals surface area contributed by atoms with E-state index >= 15 is 0 Å². The van der Waals surface area contributed by atoms with Crippen LogP contribution in [0.3, 0.4) is 0 Å². The predicted octanol–water partition coefficient (Wildman–Crippen LogP) is 8.31. The van der Waals surface area contributed by atoms with Gasteiger partial charge >= 0.3 is 0 Å². The Balaban J connectivity index is 2.20. The van der Waals surface area contributed by atoms with Gasteiger partial charge in [0.05, 0.1) is 52.9 Å². The van der Waals surface area contributed by atoms with Crippen LogP contribution in [0.2, 0.25) is 0 Å². The fourth-order valence-electron chi connectivity index (χ4n) is 6.38. The van der Waals surface area contributed by atoms with Crippen molar-refractivity contribution < 1.29 is 28.5 Å². The van der Waals surface area contributed by atoms with Crippen molar-refractivity contribution in [2.45, 2.75) is 68.0 Å². The monoisotopic (exact) mass is 682 g/mol. The zero-order valence-electron chi connectivity index (χ0n) is 30.1. The SMILES string of the molecule is C=CCOCc1c(C)c(COCC=C)c(C)c(C(=O)c2cc(P)cc(C(=O)c3c(C)c(COCC=C)c(C)c(COCC=C)c3C)c2)c1C. The summed E-state index contributed by atoms with van der Waals surface area (Å²) in [6, 6.07) is 5.32. The fourth-order valence-corrected chi connectivity index (χ4v) is 6.74. The lowest BCUT2D eigenvalue weighted by Crippen LogP contribution is -2.18. The van der Waals surface area contributed by atoms with Crippen LogP contribution in [-0.2, 0) is 45.4 Å². The molecule has 0 aliphatic rings. The average molecular weight is 683 g/mol. The average Bonchev–Trinajstić information content (AvgIpc) is 3.07. The first-order chi connectivity index (χ1) is 23.4. The summed E-state index contributed by atoms with van der Waals surface area (Å²) in [5.74, 6) is -0.338. The van der Waals surface area contributed by atoms with Gasteiger partial charge in [0.1, 0.15) is 0 Å². The van der Waals surface area contributed by atoms with E-state index in [4.69, 9.17) is 18.9 Å². The maximum atomic E-state index is 14.5. The zero-order chi connectivity index (χ0) is 36.2. The number of ether oxygens (including phenoxy) is 4. The van der Waals surface area contributed by atoms with Gasteiger partial charge in [-0.3, -0.25) is 9.59 Å². The lowest BCUT2D eigenvalue weighted by atomic mass is 9.83. The highest BCUT2D eigenvalue weighted by Gasteiger charge is 2.26. The molecule has 6 nitrogen and oxygen atoms in total. The van der Waals surface area contributed by atoms with E-state index in [-0.39, 0.29) is 11.6 Å². The number of benzene rings is 3. The van der Waals surface area contributed by atoms with Gasteiger partial charge in [0.2, 0.25) is 0 Å². The van der Waals surface area contributed by atoms with Crippen LogP contribution in [0.15, 0.2) is 68.8 Å². The summed E-state index contributed by atoms with van der Waals surface area (Å²) in [7, 11) is 2.66. The van der Waals surface area contributed by atoms with Gasteiger partial charge in [0, 0.05) is 22.3 Å². The number of rotatable bonds is 20. The van der Waals surface area contributed by atoms with Gasteiger partial charge in [0.15, 0.2) is 11.6 Å². The van der Waals surface area contributed by atoms with Crippen LogP contribution in [0.1, 0.15) is 87.5 Å². The molecule has 3 aromatic rings. The van der Waals surface area contributed by atoms with Crippen molar-refractivity contribution in [2.75, 3.05) is 26.4 Å². The minimum atomic E-state index is -0.169. The van der Waals surface area contributed by atoms with Crippen LogP contribution in [0.5, 0.6) is 0 Å². The van der Waals surface area contributed by atoms with Gasteiger partial charge in [0.25, 0.3) is 0 Å². The third-order valence-corrected chi connectivity index (χ3v) is 9.32. The van der Waals surface area contributed by atoms with Gasteiger partial charge in [-0.1, -0.05) is 24.3 Å². The topological polar surface area (TPSA) is 71.1 Å². The Bertz CT molecular complexity index is 1540. The third kappa shape index (κ3) is 9.27. The maximum Gasteiger partial charge on any atom is 0.193 e. The molecule has 7 heteroatoms. The summed E-state index contributed by atoms with van der Waals surface area (Å²) >= 11 is 0. The quantitative estimate of drug-likeness (QED) is 0.0517. The molecular weight excluding hydrogens is 631 g/mol. The summed E-state index contributed by atoms with van der Waals surface area (Å²) in [5.41, 5.74) is 11.2. The van der Waals surface area contributed by atoms with Crippen molar-refractivity contribution in [3.05, 3.63) is 147 Å². The summed E-state index contributed by atoms with van der Waals surface area (Å²) in [6.07, 6.45) is 6.81. The summed E-state index contributed by atoms with van der Waals surface area (Å²) in [6.45, 7) is 29.8. The molecule has 0 aliphatic carbocycles. The molecular formula is C42H51O6P. The molecule has 1 atom stereocenters. The third-order valence-electron chi connectivity index (χ3n) is 8.98. The lowest BCUT2D eigenvalue weighted by Gasteiger charge is -2.23. The van der Waals surface area contributed by atoms with Crippen molar-refractivity contribution in [1.29, 1.82) is 0 Å². The van der Waals surface area contributed by atoms with Crippen LogP contribution in [0, 0.1) is 41.5 Å². The molecule has 0 fully saturated rings. The molecule has 0 spiro atoms. The van der Waals surface area contributed by atoms with E-state index in [1.807, 2.05) is 53.7 Å². The van der Waals surface area contributed by atoms with Crippen LogP contribution in [-0.4, -0.2) is 38.0 Å². The van der Waals surface area contributed by atoms with Gasteiger partial charge in [-0.05, 0) is 121 Å². The van der Waals surface area contributed by atoms with Crippen molar-refractivity contribution >= 4 is 26.1 Å². The van der Waals surface area contributed by atoms with E-state index in [0.29, 0.717) is 75.1 Å². The Morgan fingerprint density at radius 1 is 0.510 bits per heavy atom. The molecule has 0 saturated carbocycles. The second kappa shape index (κ2) is 18.8. The minimum Gasteiger partial charge on any atom is -0.373 e. The second-order valence-corrected chi connectivity index (χ2v) is 12.8. The molecule has 0 bridgehead atoms. The number of hydrogen-bond donors (Lipinski definition) is 0. The van der Waals surface area contributed by atoms with Crippen LogP contribution in [0.25, 0.3) is 0 Å². The molecule has 0 aromatic heterocycles. The Kier molecular flexibility index (Phi) is 15.3. The zero-order valence-corrected chi connectivity index (χ0v) is 31.2. The Morgan fingerprint density at radius 3 is 1.02 bits per heavy atom. The summed E-state index contributed by atoms with van der Waals surface area (Å²) < 4.78 is 23.4. The first-order valence-corrected chi connectivity index (χ1v) is 17.0. The maximum absolute atomic E-state index is 14.5. The molecule has 0 N–H and O–H groups in total. The van der Waals surface area contributed by atoms with E-state index in [2.05, 4.69) is 35.6 Å². The van der Waals surface area contributed by atoms with Crippen molar-refractivity contribution in [1.82, 2.24) is 0 Å². The van der Waals surface area contributed by atoms with E-state index in [0.717, 1.165) is 60.9 Å². The van der Waals surface area contributed by atoms with Gasteiger partial charge in [-0.25, -0.2) is 0 Å². The minimum absolute atomic E-state index is 0.169. The molecule has 3 rings (SSSR count). The van der Waals surface area contributed by atoms with E-state index in [1.165, 1.54) is 0 Å². The summed E-state index contributed by atoms with van der Waals surface area (Å²) in [5, 5.41) is 0.729. The highest BCUT2D eigenvalue weighted by molar-refractivity contribution is 7.27. The molecule has 0 heterocycles. The second-order valence-electron chi connectivity index (χ2n) is 12.1. The molecule has 0 saturated heterocycles. The Labute approximate surface area is 295 Å². The molecule has 260 valence electrons. The number of ketones is 2. The van der Waals surface area contributed by atoms with Crippen LogP contribution >= 0.6 is 9.24 Å². The van der Waals surface area contributed by atoms with Crippen molar-refractivity contribution in [2.24, 2.45) is 0 Å². The molecule has 1 unspecified atom stereocenters. The molecule has 3 aromatic carbocycles. The lowest BCUT2D eigenvalue weighted by molar-refractivity contribution is 0.103. The molecule has 0 radical (unpaired) electrons. The molecule has 0 amide bonds. The summed E-state index contributed by atoms with van der Waals surface area (Å²) in [4.78, 5) is 29.0. The van der Waals surface area contributed by atoms with Crippen molar-refractivity contribution in [3.63, 3.8) is 0 Å². The van der Waals surface area contributed by atoms with Crippen LogP contribution < -0.4 is 5.30 Å². The number of carbonyl (C=O) groups is 2. The van der Waals surface area contributed by atoms with Gasteiger partial charge in [-0.15, -0.1) is 35.6 Å². The largest absolute Gasteiger partial charge is 0.373 e.